The Morgan fingerprint density at radius 3 is 2.88 bits per heavy atom. The molecular weight excluding hydrogens is 300 g/mol. The highest BCUT2D eigenvalue weighted by Crippen LogP contribution is 2.35. The lowest BCUT2D eigenvalue weighted by molar-refractivity contribution is 0.208. The van der Waals surface area contributed by atoms with Gasteiger partial charge in [-0.15, -0.1) is 0 Å². The molecule has 2 fully saturated rings. The van der Waals surface area contributed by atoms with Crippen molar-refractivity contribution >= 4 is 27.7 Å². The van der Waals surface area contributed by atoms with Crippen molar-refractivity contribution in [1.29, 1.82) is 0 Å². The molecule has 0 spiro atoms. The van der Waals surface area contributed by atoms with E-state index in [1.165, 1.54) is 43.6 Å². The number of aromatic nitrogens is 2. The molecule has 94 valence electrons. The van der Waals surface area contributed by atoms with Crippen LogP contribution >= 0.6 is 27.7 Å². The van der Waals surface area contributed by atoms with E-state index in [2.05, 4.69) is 25.7 Å². The van der Waals surface area contributed by atoms with Crippen molar-refractivity contribution in [2.45, 2.75) is 44.2 Å². The van der Waals surface area contributed by atoms with E-state index in [0.717, 1.165) is 10.4 Å². The normalized spacial score (nSPS) is 25.6. The summed E-state index contributed by atoms with van der Waals surface area (Å²) in [6.07, 6.45) is 8.47. The fourth-order valence-corrected chi connectivity index (χ4v) is 4.33. The quantitative estimate of drug-likeness (QED) is 0.851. The van der Waals surface area contributed by atoms with Crippen molar-refractivity contribution in [3.63, 3.8) is 0 Å². The van der Waals surface area contributed by atoms with Gasteiger partial charge in [-0.3, -0.25) is 4.68 Å². The zero-order valence-corrected chi connectivity index (χ0v) is 12.2. The van der Waals surface area contributed by atoms with Crippen LogP contribution in [0, 0.1) is 0 Å². The first-order valence-electron chi connectivity index (χ1n) is 6.32. The lowest BCUT2D eigenvalue weighted by atomic mass is 10.3. The second-order valence-electron chi connectivity index (χ2n) is 4.79. The fourth-order valence-electron chi connectivity index (χ4n) is 2.57. The van der Waals surface area contributed by atoms with E-state index in [9.17, 15) is 0 Å². The molecule has 2 heterocycles. The maximum atomic E-state index is 6.01. The molecule has 1 atom stereocenters. The molecule has 17 heavy (non-hydrogen) atoms. The molecule has 3 rings (SSSR count). The Labute approximate surface area is 114 Å². The summed E-state index contributed by atoms with van der Waals surface area (Å²) in [5.74, 6) is 3.34. The maximum Gasteiger partial charge on any atom is 0.172 e. The van der Waals surface area contributed by atoms with Crippen LogP contribution in [0.1, 0.15) is 38.1 Å². The minimum absolute atomic E-state index is 0.405. The summed E-state index contributed by atoms with van der Waals surface area (Å²) in [7, 11) is 0. The van der Waals surface area contributed by atoms with Crippen LogP contribution in [0.2, 0.25) is 0 Å². The summed E-state index contributed by atoms with van der Waals surface area (Å²) in [5.41, 5.74) is 0. The van der Waals surface area contributed by atoms with Gasteiger partial charge in [-0.1, -0.05) is 0 Å². The molecule has 1 unspecified atom stereocenters. The lowest BCUT2D eigenvalue weighted by Gasteiger charge is -2.13. The van der Waals surface area contributed by atoms with E-state index in [1.807, 2.05) is 18.0 Å². The third-order valence-corrected chi connectivity index (χ3v) is 5.45. The van der Waals surface area contributed by atoms with Gasteiger partial charge < -0.3 is 4.74 Å². The summed E-state index contributed by atoms with van der Waals surface area (Å²) in [6.45, 7) is 0. The van der Waals surface area contributed by atoms with Gasteiger partial charge in [0, 0.05) is 5.75 Å². The Hall–Kier alpha value is -0.160. The first-order chi connectivity index (χ1) is 8.34. The van der Waals surface area contributed by atoms with Crippen molar-refractivity contribution in [2.24, 2.45) is 0 Å². The second-order valence-corrected chi connectivity index (χ2v) is 6.69. The molecule has 0 bridgehead atoms. The van der Waals surface area contributed by atoms with Crippen LogP contribution in [-0.2, 0) is 0 Å². The number of rotatable bonds is 3. The predicted molar refractivity (Wildman–Crippen MR) is 73.8 cm³/mol. The SMILES string of the molecule is Brc1c(OC2CCCC2)cnn1C1CCSC1. The highest BCUT2D eigenvalue weighted by Gasteiger charge is 2.24. The monoisotopic (exact) mass is 316 g/mol. The second kappa shape index (κ2) is 5.22. The smallest absolute Gasteiger partial charge is 0.172 e. The van der Waals surface area contributed by atoms with E-state index < -0.39 is 0 Å². The van der Waals surface area contributed by atoms with Gasteiger partial charge >= 0.3 is 0 Å². The lowest BCUT2D eigenvalue weighted by Crippen LogP contribution is -2.12. The zero-order valence-electron chi connectivity index (χ0n) is 9.77. The number of hydrogen-bond donors (Lipinski definition) is 0. The molecule has 0 amide bonds. The van der Waals surface area contributed by atoms with Gasteiger partial charge in [0.2, 0.25) is 0 Å². The average Bonchev–Trinajstić information content (AvgIpc) is 3.03. The molecule has 5 heteroatoms. The van der Waals surface area contributed by atoms with Crippen molar-refractivity contribution < 1.29 is 4.74 Å². The molecule has 1 saturated heterocycles. The third kappa shape index (κ3) is 2.50. The van der Waals surface area contributed by atoms with Crippen molar-refractivity contribution in [3.8, 4) is 5.75 Å². The summed E-state index contributed by atoms with van der Waals surface area (Å²) in [5, 5.41) is 4.47. The van der Waals surface area contributed by atoms with Gasteiger partial charge in [0.25, 0.3) is 0 Å². The van der Waals surface area contributed by atoms with Crippen molar-refractivity contribution in [2.75, 3.05) is 11.5 Å². The van der Waals surface area contributed by atoms with Gasteiger partial charge in [0.05, 0.1) is 18.3 Å². The van der Waals surface area contributed by atoms with Crippen LogP contribution in [0.4, 0.5) is 0 Å². The minimum Gasteiger partial charge on any atom is -0.486 e. The molecule has 0 radical (unpaired) electrons. The van der Waals surface area contributed by atoms with Crippen LogP contribution in [-0.4, -0.2) is 27.4 Å². The predicted octanol–water partition coefficient (Wildman–Crippen LogP) is 3.65. The maximum absolute atomic E-state index is 6.01. The fraction of sp³-hybridized carbons (Fsp3) is 0.750. The number of ether oxygens (including phenoxy) is 1. The molecule has 1 aliphatic heterocycles. The largest absolute Gasteiger partial charge is 0.486 e. The molecule has 1 aromatic heterocycles. The Morgan fingerprint density at radius 1 is 1.35 bits per heavy atom. The van der Waals surface area contributed by atoms with Crippen LogP contribution in [0.3, 0.4) is 0 Å². The first kappa shape index (κ1) is 11.9. The summed E-state index contributed by atoms with van der Waals surface area (Å²) in [4.78, 5) is 0. The summed E-state index contributed by atoms with van der Waals surface area (Å²) in [6, 6.07) is 0.537. The number of thioether (sulfide) groups is 1. The Kier molecular flexibility index (Phi) is 3.66. The standard InChI is InChI=1S/C12H17BrN2OS/c13-12-11(16-10-3-1-2-4-10)7-14-15(12)9-5-6-17-8-9/h7,9-10H,1-6,8H2. The molecule has 0 aromatic carbocycles. The third-order valence-electron chi connectivity index (χ3n) is 3.55. The highest BCUT2D eigenvalue weighted by molar-refractivity contribution is 9.10. The molecule has 1 aliphatic carbocycles. The van der Waals surface area contributed by atoms with Gasteiger partial charge in [0.1, 0.15) is 4.60 Å². The van der Waals surface area contributed by atoms with Gasteiger partial charge in [-0.05, 0) is 53.8 Å². The number of hydrogen-bond acceptors (Lipinski definition) is 3. The topological polar surface area (TPSA) is 27.1 Å². The average molecular weight is 317 g/mol. The first-order valence-corrected chi connectivity index (χ1v) is 8.27. The van der Waals surface area contributed by atoms with Crippen molar-refractivity contribution in [1.82, 2.24) is 9.78 Å². The molecule has 0 N–H and O–H groups in total. The van der Waals surface area contributed by atoms with E-state index in [4.69, 9.17) is 4.74 Å². The van der Waals surface area contributed by atoms with Gasteiger partial charge in [-0.2, -0.15) is 16.9 Å². The number of nitrogens with zero attached hydrogens (tertiary/aromatic N) is 2. The molecule has 1 aromatic rings. The Bertz CT molecular complexity index is 384. The molecular formula is C12H17BrN2OS. The minimum atomic E-state index is 0.405. The number of halogens is 1. The van der Waals surface area contributed by atoms with E-state index >= 15 is 0 Å². The Balaban J connectivity index is 1.72. The van der Waals surface area contributed by atoms with Crippen LogP contribution in [0.5, 0.6) is 5.75 Å². The van der Waals surface area contributed by atoms with Crippen LogP contribution < -0.4 is 4.74 Å². The molecule has 3 nitrogen and oxygen atoms in total. The molecule has 1 saturated carbocycles. The zero-order chi connectivity index (χ0) is 11.7. The van der Waals surface area contributed by atoms with Gasteiger partial charge in [0.15, 0.2) is 5.75 Å². The summed E-state index contributed by atoms with van der Waals surface area (Å²) < 4.78 is 9.12. The van der Waals surface area contributed by atoms with E-state index in [1.54, 1.807) is 0 Å². The van der Waals surface area contributed by atoms with Gasteiger partial charge in [-0.25, -0.2) is 0 Å². The highest BCUT2D eigenvalue weighted by atomic mass is 79.9. The van der Waals surface area contributed by atoms with Crippen LogP contribution in [0.25, 0.3) is 0 Å². The van der Waals surface area contributed by atoms with Crippen molar-refractivity contribution in [3.05, 3.63) is 10.8 Å². The molecule has 2 aliphatic rings. The van der Waals surface area contributed by atoms with E-state index in [0.29, 0.717) is 12.1 Å². The van der Waals surface area contributed by atoms with Crippen LogP contribution in [0.15, 0.2) is 10.8 Å². The summed E-state index contributed by atoms with van der Waals surface area (Å²) >= 11 is 5.64. The van der Waals surface area contributed by atoms with E-state index in [-0.39, 0.29) is 0 Å². The Morgan fingerprint density at radius 2 is 2.18 bits per heavy atom.